The van der Waals surface area contributed by atoms with E-state index in [4.69, 9.17) is 12.9 Å². The molecule has 0 atom stereocenters. The Morgan fingerprint density at radius 2 is 1.43 bits per heavy atom. The first-order valence-corrected chi connectivity index (χ1v) is 28.8. The minimum atomic E-state index is -4.05. The van der Waals surface area contributed by atoms with Gasteiger partial charge >= 0.3 is 28.3 Å². The monoisotopic (exact) mass is 1030 g/mol. The van der Waals surface area contributed by atoms with Gasteiger partial charge < -0.3 is 15.0 Å². The van der Waals surface area contributed by atoms with Gasteiger partial charge in [-0.2, -0.15) is 8.42 Å². The molecule has 0 radical (unpaired) electrons. The number of rotatable bonds is 13. The van der Waals surface area contributed by atoms with E-state index >= 15 is 0 Å². The molecule has 0 aliphatic carbocycles. The van der Waals surface area contributed by atoms with Gasteiger partial charge in [0.1, 0.15) is 5.52 Å². The SMILES string of the molecule is CCCC[Si](C)(C)C.CCN=C=NCCCN(C)C.CN(C)c1ccncc1.C[Si](C)(C)CCc1ccc(S(=O)(=O)O)cc1.O[At].On1nnc2cccnc21. The quantitative estimate of drug-likeness (QED) is 0.0392. The van der Waals surface area contributed by atoms with E-state index in [1.807, 2.05) is 38.1 Å². The van der Waals surface area contributed by atoms with E-state index < -0.39 is 26.3 Å². The molecule has 3 N–H and O–H groups in total. The summed E-state index contributed by atoms with van der Waals surface area (Å²) in [7, 11) is 2.35. The molecule has 0 amide bonds. The molecule has 0 unspecified atom stereocenters. The predicted molar refractivity (Wildman–Crippen MR) is 233 cm³/mol. The summed E-state index contributed by atoms with van der Waals surface area (Å²) < 4.78 is 37.5. The summed E-state index contributed by atoms with van der Waals surface area (Å²) in [6, 6.07) is 19.2. The molecule has 3 aromatic heterocycles. The molecule has 0 spiro atoms. The van der Waals surface area contributed by atoms with E-state index in [0.717, 1.165) is 63.2 Å². The van der Waals surface area contributed by atoms with E-state index in [9.17, 15) is 8.42 Å². The maximum absolute atomic E-state index is 10.8. The number of benzene rings is 1. The van der Waals surface area contributed by atoms with Crippen LogP contribution in [0.5, 0.6) is 0 Å². The van der Waals surface area contributed by atoms with Crippen LogP contribution < -0.4 is 4.90 Å². The number of hydrogen-bond acceptors (Lipinski definition) is 12. The summed E-state index contributed by atoms with van der Waals surface area (Å²) in [5.74, 6) is 0. The number of hydrogen-bond donors (Lipinski definition) is 3. The number of unbranched alkanes of at least 4 members (excludes halogenated alkanes) is 1. The number of aryl methyl sites for hydroxylation is 1. The Bertz CT molecular complexity index is 1730. The normalized spacial score (nSPS) is 10.6. The van der Waals surface area contributed by atoms with Crippen molar-refractivity contribution in [3.05, 3.63) is 72.7 Å². The zero-order valence-electron chi connectivity index (χ0n) is 35.7. The minimum absolute atomic E-state index is 0.0377. The van der Waals surface area contributed by atoms with Crippen molar-refractivity contribution in [2.75, 3.05) is 52.7 Å². The third kappa shape index (κ3) is 31.2. The van der Waals surface area contributed by atoms with Crippen molar-refractivity contribution in [3.8, 4) is 0 Å². The zero-order valence-corrected chi connectivity index (χ0v) is 41.4. The largest absolute Gasteiger partial charge is 0.409 e. The Labute approximate surface area is 354 Å². The molecule has 0 saturated carbocycles. The van der Waals surface area contributed by atoms with E-state index in [1.54, 1.807) is 42.9 Å². The number of anilines is 1. The number of aliphatic imine (C=N–C) groups is 2. The van der Waals surface area contributed by atoms with Gasteiger partial charge in [0.2, 0.25) is 5.65 Å². The molecular weight excluding hydrogens is 961 g/mol. The number of fused-ring (bicyclic) bond motifs is 1. The van der Waals surface area contributed by atoms with Gasteiger partial charge in [-0.15, -0.1) is 5.10 Å². The molecule has 0 fully saturated rings. The van der Waals surface area contributed by atoms with Crippen LogP contribution in [0.4, 0.5) is 5.69 Å². The summed E-state index contributed by atoms with van der Waals surface area (Å²) in [6.45, 7) is 21.1. The predicted octanol–water partition coefficient (Wildman–Crippen LogP) is 7.72. The van der Waals surface area contributed by atoms with Crippen molar-refractivity contribution in [2.24, 2.45) is 9.98 Å². The fraction of sp³-hybridized carbons (Fsp3) is 0.553. The maximum Gasteiger partial charge on any atom is 0.219 e. The molecule has 316 valence electrons. The second-order valence-electron chi connectivity index (χ2n) is 15.4. The molecular formula is C38H68AtN9O5SSi2. The third-order valence-corrected chi connectivity index (χ3v) is 11.7. The average Bonchev–Trinajstić information content (AvgIpc) is 3.53. The van der Waals surface area contributed by atoms with Crippen LogP contribution in [-0.4, -0.2) is 121 Å². The Kier molecular flexibility index (Phi) is 30.6. The van der Waals surface area contributed by atoms with Gasteiger partial charge in [-0.25, -0.2) is 15.0 Å². The Morgan fingerprint density at radius 3 is 1.86 bits per heavy atom. The summed E-state index contributed by atoms with van der Waals surface area (Å²) >= 11 is 0.722. The third-order valence-electron chi connectivity index (χ3n) is 7.21. The molecule has 3 heterocycles. The topological polar surface area (TPSA) is 183 Å². The smallest absolute Gasteiger partial charge is 0.219 e. The van der Waals surface area contributed by atoms with E-state index in [2.05, 4.69) is 101 Å². The Balaban J connectivity index is 0. The molecule has 1 aromatic carbocycles. The molecule has 4 rings (SSSR count). The molecule has 14 nitrogen and oxygen atoms in total. The molecule has 0 aliphatic rings. The molecule has 18 heteroatoms. The van der Waals surface area contributed by atoms with E-state index in [1.165, 1.54) is 42.7 Å². The van der Waals surface area contributed by atoms with E-state index in [-0.39, 0.29) is 4.90 Å². The summed E-state index contributed by atoms with van der Waals surface area (Å²) in [5.41, 5.74) is 3.27. The summed E-state index contributed by atoms with van der Waals surface area (Å²) in [4.78, 5) is 20.4. The number of pyridine rings is 2. The van der Waals surface area contributed by atoms with Crippen molar-refractivity contribution < 1.29 is 46.5 Å². The van der Waals surface area contributed by atoms with Crippen LogP contribution in [0.3, 0.4) is 0 Å². The molecule has 4 aromatic rings. The first-order valence-electron chi connectivity index (χ1n) is 18.6. The van der Waals surface area contributed by atoms with Gasteiger partial charge in [0.25, 0.3) is 10.1 Å². The van der Waals surface area contributed by atoms with Crippen LogP contribution in [0, 0.1) is 25.2 Å². The van der Waals surface area contributed by atoms with Crippen molar-refractivity contribution >= 4 is 49.1 Å². The van der Waals surface area contributed by atoms with E-state index in [0.29, 0.717) is 16.0 Å². The standard InChI is InChI=1S/C11H18O3SSi.C8H17N3.C7H10N2.C7H18Si.C5H4N4O.AtHO/c1-16(2,3)9-8-10-4-6-11(7-5-10)15(12,13)14;1-4-9-8-10-6-5-7-11(2)3;1-9(2)7-3-5-8-6-4-7;1-5-6-7-8(2,3)4;10-9-5-4(7-8-9)2-1-3-6-5;1-2/h4-7H,8-9H2,1-3H3,(H,12,13,14);4-7H2,1-3H3;3-6H,1-2H3;5-7H2,1-4H3;1-3,10H;2H. The van der Waals surface area contributed by atoms with Crippen molar-refractivity contribution in [1.82, 2.24) is 30.0 Å². The zero-order chi connectivity index (χ0) is 43.2. The van der Waals surface area contributed by atoms with Crippen LogP contribution in [0.15, 0.2) is 82.0 Å². The first kappa shape index (κ1) is 55.1. The van der Waals surface area contributed by atoms with Crippen LogP contribution >= 0.6 is 0 Å². The van der Waals surface area contributed by atoms with Gasteiger partial charge in [-0.1, -0.05) is 88.1 Å². The summed E-state index contributed by atoms with van der Waals surface area (Å²) in [6.07, 6.45) is 10.0. The van der Waals surface area contributed by atoms with Gasteiger partial charge in [-0.3, -0.25) is 9.54 Å². The average molecular weight is 1030 g/mol. The molecule has 0 saturated heterocycles. The van der Waals surface area contributed by atoms with Crippen LogP contribution in [-0.2, 0) is 16.5 Å². The fourth-order valence-electron chi connectivity index (χ4n) is 4.09. The molecule has 56 heavy (non-hydrogen) atoms. The van der Waals surface area contributed by atoms with Gasteiger partial charge in [-0.05, 0) is 87.6 Å². The van der Waals surface area contributed by atoms with Crippen LogP contribution in [0.25, 0.3) is 11.2 Å². The Morgan fingerprint density at radius 1 is 0.839 bits per heavy atom. The van der Waals surface area contributed by atoms with Crippen LogP contribution in [0.2, 0.25) is 51.4 Å². The fourth-order valence-corrected chi connectivity index (χ4v) is 7.02. The molecule has 0 bridgehead atoms. The second kappa shape index (κ2) is 31.1. The van der Waals surface area contributed by atoms with Gasteiger partial charge in [0, 0.05) is 61.1 Å². The minimum Gasteiger partial charge on any atom is -0.409 e. The van der Waals surface area contributed by atoms with Crippen LogP contribution in [0.1, 0.15) is 38.7 Å². The summed E-state index contributed by atoms with van der Waals surface area (Å²) in [5, 5.41) is 15.9. The van der Waals surface area contributed by atoms with Crippen molar-refractivity contribution in [1.29, 1.82) is 0 Å². The first-order chi connectivity index (χ1) is 26.2. The molecule has 0 aliphatic heterocycles. The second-order valence-corrected chi connectivity index (χ2v) is 28.0. The van der Waals surface area contributed by atoms with Gasteiger partial charge in [0.05, 0.1) is 17.4 Å². The Hall–Kier alpha value is -2.95. The van der Waals surface area contributed by atoms with Crippen molar-refractivity contribution in [2.45, 2.75) is 95.8 Å². The number of aromatic nitrogens is 5. The van der Waals surface area contributed by atoms with Crippen molar-refractivity contribution in [3.63, 3.8) is 0 Å². The number of nitrogens with zero attached hydrogens (tertiary/aromatic N) is 9. The maximum atomic E-state index is 10.8. The van der Waals surface area contributed by atoms with Gasteiger partial charge in [0.15, 0.2) is 0 Å².